The van der Waals surface area contributed by atoms with Gasteiger partial charge in [-0.05, 0) is 30.5 Å². The summed E-state index contributed by atoms with van der Waals surface area (Å²) in [6, 6.07) is 20.6. The van der Waals surface area contributed by atoms with E-state index in [4.69, 9.17) is 0 Å². The van der Waals surface area contributed by atoms with E-state index in [0.29, 0.717) is 5.78 Å². The first-order valence-corrected chi connectivity index (χ1v) is 7.74. The molecule has 0 heterocycles. The van der Waals surface area contributed by atoms with Crippen molar-refractivity contribution in [1.29, 1.82) is 0 Å². The minimum atomic E-state index is 0.0707. The number of nitrogens with one attached hydrogen (secondary N) is 1. The lowest BCUT2D eigenvalue weighted by Gasteiger charge is -2.31. The molecule has 1 saturated carbocycles. The molecule has 108 valence electrons. The molecule has 2 nitrogen and oxygen atoms in total. The van der Waals surface area contributed by atoms with Crippen molar-refractivity contribution in [3.05, 3.63) is 66.2 Å². The van der Waals surface area contributed by atoms with E-state index in [1.807, 2.05) is 36.4 Å². The second-order valence-electron chi connectivity index (χ2n) is 5.72. The molecular weight excluding hydrogens is 258 g/mol. The first-order chi connectivity index (χ1) is 10.3. The lowest BCUT2D eigenvalue weighted by molar-refractivity contribution is -0.125. The van der Waals surface area contributed by atoms with Gasteiger partial charge in [0.1, 0.15) is 5.78 Å². The lowest BCUT2D eigenvalue weighted by Crippen LogP contribution is -2.30. The third-order valence-corrected chi connectivity index (χ3v) is 4.26. The third kappa shape index (κ3) is 3.33. The predicted octanol–water partition coefficient (Wildman–Crippen LogP) is 4.60. The molecule has 21 heavy (non-hydrogen) atoms. The third-order valence-electron chi connectivity index (χ3n) is 4.26. The van der Waals surface area contributed by atoms with Gasteiger partial charge in [0.05, 0.1) is 6.04 Å². The fourth-order valence-electron chi connectivity index (χ4n) is 3.15. The molecule has 1 aliphatic carbocycles. The van der Waals surface area contributed by atoms with E-state index >= 15 is 0 Å². The van der Waals surface area contributed by atoms with Crippen LogP contribution in [0.3, 0.4) is 0 Å². The molecule has 0 amide bonds. The number of Topliss-reactive ketones (excluding diaryl/α,β-unsaturated/α-hetero) is 1. The summed E-state index contributed by atoms with van der Waals surface area (Å²) in [5.74, 6) is 0.486. The summed E-state index contributed by atoms with van der Waals surface area (Å²) in [6.45, 7) is 0. The number of anilines is 1. The average Bonchev–Trinajstić information content (AvgIpc) is 2.55. The Bertz CT molecular complexity index is 579. The molecule has 2 aromatic rings. The van der Waals surface area contributed by atoms with Crippen LogP contribution >= 0.6 is 0 Å². The molecule has 0 aromatic heterocycles. The Kier molecular flexibility index (Phi) is 4.34. The molecule has 3 rings (SSSR count). The molecular formula is C19H21NO. The fourth-order valence-corrected chi connectivity index (χ4v) is 3.15. The monoisotopic (exact) mass is 279 g/mol. The first kappa shape index (κ1) is 13.9. The zero-order chi connectivity index (χ0) is 14.5. The minimum absolute atomic E-state index is 0.0707. The largest absolute Gasteiger partial charge is 0.378 e. The first-order valence-electron chi connectivity index (χ1n) is 7.74. The van der Waals surface area contributed by atoms with Crippen molar-refractivity contribution < 1.29 is 4.79 Å². The van der Waals surface area contributed by atoms with E-state index in [2.05, 4.69) is 29.6 Å². The maximum absolute atomic E-state index is 12.4. The van der Waals surface area contributed by atoms with Crippen molar-refractivity contribution in [3.63, 3.8) is 0 Å². The van der Waals surface area contributed by atoms with E-state index in [-0.39, 0.29) is 12.0 Å². The molecule has 0 radical (unpaired) electrons. The van der Waals surface area contributed by atoms with Gasteiger partial charge in [-0.2, -0.15) is 0 Å². The lowest BCUT2D eigenvalue weighted by atomic mass is 9.80. The van der Waals surface area contributed by atoms with Crippen LogP contribution in [0.4, 0.5) is 5.69 Å². The Balaban J connectivity index is 1.89. The number of hydrogen-bond acceptors (Lipinski definition) is 2. The maximum atomic E-state index is 12.4. The normalized spacial score (nSPS) is 20.0. The SMILES string of the molecule is O=C1CCCC[C@H]1[C@@H](Nc1ccccc1)c1ccccc1. The summed E-state index contributed by atoms with van der Waals surface area (Å²) >= 11 is 0. The van der Waals surface area contributed by atoms with Gasteiger partial charge in [0, 0.05) is 18.0 Å². The topological polar surface area (TPSA) is 29.1 Å². The zero-order valence-corrected chi connectivity index (χ0v) is 12.2. The molecule has 0 saturated heterocycles. The van der Waals surface area contributed by atoms with Gasteiger partial charge in [0.2, 0.25) is 0 Å². The van der Waals surface area contributed by atoms with Crippen LogP contribution in [-0.4, -0.2) is 5.78 Å². The van der Waals surface area contributed by atoms with Gasteiger partial charge in [-0.3, -0.25) is 4.79 Å². The molecule has 0 bridgehead atoms. The van der Waals surface area contributed by atoms with Crippen LogP contribution in [0.25, 0.3) is 0 Å². The predicted molar refractivity (Wildman–Crippen MR) is 86.2 cm³/mol. The van der Waals surface area contributed by atoms with Crippen molar-refractivity contribution in [2.45, 2.75) is 31.7 Å². The summed E-state index contributed by atoms with van der Waals surface area (Å²) in [6.07, 6.45) is 3.90. The molecule has 1 fully saturated rings. The Morgan fingerprint density at radius 3 is 2.24 bits per heavy atom. The number of hydrogen-bond donors (Lipinski definition) is 1. The van der Waals surface area contributed by atoms with Crippen LogP contribution in [-0.2, 0) is 4.79 Å². The van der Waals surface area contributed by atoms with Gasteiger partial charge in [-0.15, -0.1) is 0 Å². The summed E-state index contributed by atoms with van der Waals surface area (Å²) < 4.78 is 0. The quantitative estimate of drug-likeness (QED) is 0.886. The second kappa shape index (κ2) is 6.57. The Labute approximate surface area is 126 Å². The summed E-state index contributed by atoms with van der Waals surface area (Å²) in [7, 11) is 0. The highest BCUT2D eigenvalue weighted by atomic mass is 16.1. The Hall–Kier alpha value is -2.09. The van der Waals surface area contributed by atoms with Gasteiger partial charge < -0.3 is 5.32 Å². The van der Waals surface area contributed by atoms with Gasteiger partial charge >= 0.3 is 0 Å². The van der Waals surface area contributed by atoms with Gasteiger partial charge in [-0.1, -0.05) is 55.0 Å². The second-order valence-corrected chi connectivity index (χ2v) is 5.72. The van der Waals surface area contributed by atoms with E-state index in [1.165, 1.54) is 5.56 Å². The summed E-state index contributed by atoms with van der Waals surface area (Å²) in [5.41, 5.74) is 2.27. The highest BCUT2D eigenvalue weighted by molar-refractivity contribution is 5.83. The van der Waals surface area contributed by atoms with E-state index in [9.17, 15) is 4.79 Å². The maximum Gasteiger partial charge on any atom is 0.138 e. The summed E-state index contributed by atoms with van der Waals surface area (Å²) in [5, 5.41) is 3.57. The van der Waals surface area contributed by atoms with Crippen molar-refractivity contribution in [2.24, 2.45) is 5.92 Å². The van der Waals surface area contributed by atoms with Gasteiger partial charge in [0.25, 0.3) is 0 Å². The number of carbonyl (C=O) groups excluding carboxylic acids is 1. The smallest absolute Gasteiger partial charge is 0.138 e. The highest BCUT2D eigenvalue weighted by Gasteiger charge is 2.31. The van der Waals surface area contributed by atoms with Crippen molar-refractivity contribution in [2.75, 3.05) is 5.32 Å². The summed E-state index contributed by atoms with van der Waals surface area (Å²) in [4.78, 5) is 12.4. The number of ketones is 1. The standard InChI is InChI=1S/C19H21NO/c21-18-14-8-7-13-17(18)19(15-9-3-1-4-10-15)20-16-11-5-2-6-12-16/h1-6,9-12,17,19-20H,7-8,13-14H2/t17-,19+/m1/s1. The molecule has 0 unspecified atom stereocenters. The molecule has 2 heteroatoms. The Morgan fingerprint density at radius 1 is 0.905 bits per heavy atom. The van der Waals surface area contributed by atoms with E-state index < -0.39 is 0 Å². The van der Waals surface area contributed by atoms with Crippen LogP contribution in [0.1, 0.15) is 37.3 Å². The number of rotatable bonds is 4. The molecule has 0 spiro atoms. The Morgan fingerprint density at radius 2 is 1.57 bits per heavy atom. The van der Waals surface area contributed by atoms with Gasteiger partial charge in [0.15, 0.2) is 0 Å². The average molecular weight is 279 g/mol. The van der Waals surface area contributed by atoms with E-state index in [1.54, 1.807) is 0 Å². The van der Waals surface area contributed by atoms with Crippen LogP contribution < -0.4 is 5.32 Å². The molecule has 2 atom stereocenters. The number of para-hydroxylation sites is 1. The molecule has 2 aromatic carbocycles. The van der Waals surface area contributed by atoms with Crippen LogP contribution in [0.5, 0.6) is 0 Å². The van der Waals surface area contributed by atoms with Crippen molar-refractivity contribution in [1.82, 2.24) is 0 Å². The van der Waals surface area contributed by atoms with Crippen LogP contribution in [0.15, 0.2) is 60.7 Å². The minimum Gasteiger partial charge on any atom is -0.378 e. The van der Waals surface area contributed by atoms with E-state index in [0.717, 1.165) is 31.4 Å². The fraction of sp³-hybridized carbons (Fsp3) is 0.316. The molecule has 1 N–H and O–H groups in total. The number of benzene rings is 2. The number of carbonyl (C=O) groups is 1. The van der Waals surface area contributed by atoms with Gasteiger partial charge in [-0.25, -0.2) is 0 Å². The zero-order valence-electron chi connectivity index (χ0n) is 12.2. The van der Waals surface area contributed by atoms with Crippen LogP contribution in [0.2, 0.25) is 0 Å². The van der Waals surface area contributed by atoms with Crippen molar-refractivity contribution in [3.8, 4) is 0 Å². The molecule has 1 aliphatic rings. The van der Waals surface area contributed by atoms with Crippen molar-refractivity contribution >= 4 is 11.5 Å². The highest BCUT2D eigenvalue weighted by Crippen LogP contribution is 2.34. The molecule has 0 aliphatic heterocycles. The van der Waals surface area contributed by atoms with Crippen LogP contribution in [0, 0.1) is 5.92 Å².